The molecule has 0 heterocycles. The van der Waals surface area contributed by atoms with Crippen LogP contribution in [-0.2, 0) is 32.6 Å². The lowest BCUT2D eigenvalue weighted by Gasteiger charge is -2.32. The molecule has 0 aromatic heterocycles. The van der Waals surface area contributed by atoms with Crippen molar-refractivity contribution >= 4 is 39.1 Å². The highest BCUT2D eigenvalue weighted by Crippen LogP contribution is 2.22. The Morgan fingerprint density at radius 1 is 0.949 bits per heavy atom. The fourth-order valence-electron chi connectivity index (χ4n) is 4.46. The van der Waals surface area contributed by atoms with Crippen molar-refractivity contribution in [3.05, 3.63) is 101 Å². The molecule has 3 aromatic carbocycles. The van der Waals surface area contributed by atoms with E-state index in [1.165, 1.54) is 4.31 Å². The molecule has 1 atom stereocenters. The molecule has 3 aromatic rings. The monoisotopic (exact) mass is 569 g/mol. The largest absolute Gasteiger partial charge is 0.355 e. The number of amides is 2. The van der Waals surface area contributed by atoms with E-state index in [9.17, 15) is 18.0 Å². The van der Waals surface area contributed by atoms with Gasteiger partial charge < -0.3 is 10.2 Å². The molecular weight excluding hydrogens is 534 g/mol. The Balaban J connectivity index is 1.85. The summed E-state index contributed by atoms with van der Waals surface area (Å²) in [7, 11) is -3.58. The van der Waals surface area contributed by atoms with Gasteiger partial charge in [0.05, 0.1) is 11.9 Å². The van der Waals surface area contributed by atoms with E-state index in [0.29, 0.717) is 23.7 Å². The number of nitrogens with zero attached hydrogens (tertiary/aromatic N) is 2. The Hall–Kier alpha value is -3.36. The highest BCUT2D eigenvalue weighted by molar-refractivity contribution is 7.92. The van der Waals surface area contributed by atoms with Crippen LogP contribution in [0.4, 0.5) is 5.69 Å². The molecule has 39 heavy (non-hydrogen) atoms. The number of carbonyl (C=O) groups excluding carboxylic acids is 2. The van der Waals surface area contributed by atoms with Crippen LogP contribution in [0.2, 0.25) is 5.02 Å². The molecule has 0 fully saturated rings. The summed E-state index contributed by atoms with van der Waals surface area (Å²) in [6.45, 7) is 4.66. The maximum absolute atomic E-state index is 13.7. The first-order valence-electron chi connectivity index (χ1n) is 13.0. The molecule has 7 nitrogen and oxygen atoms in total. The molecule has 0 bridgehead atoms. The Kier molecular flexibility index (Phi) is 10.9. The molecule has 0 radical (unpaired) electrons. The first-order chi connectivity index (χ1) is 18.6. The molecular formula is C30H36ClN3O4S. The highest BCUT2D eigenvalue weighted by Gasteiger charge is 2.30. The fraction of sp³-hybridized carbons (Fsp3) is 0.333. The van der Waals surface area contributed by atoms with Crippen molar-refractivity contribution in [1.82, 2.24) is 10.2 Å². The lowest BCUT2D eigenvalue weighted by molar-refractivity contribution is -0.141. The number of hydrogen-bond acceptors (Lipinski definition) is 4. The topological polar surface area (TPSA) is 86.8 Å². The molecule has 2 amide bonds. The van der Waals surface area contributed by atoms with Crippen molar-refractivity contribution in [2.45, 2.75) is 45.7 Å². The molecule has 0 aliphatic carbocycles. The van der Waals surface area contributed by atoms with Gasteiger partial charge in [0.15, 0.2) is 0 Å². The van der Waals surface area contributed by atoms with E-state index < -0.39 is 16.1 Å². The van der Waals surface area contributed by atoms with Crippen LogP contribution in [0.3, 0.4) is 0 Å². The lowest BCUT2D eigenvalue weighted by Crippen LogP contribution is -2.50. The van der Waals surface area contributed by atoms with Gasteiger partial charge in [0, 0.05) is 37.5 Å². The summed E-state index contributed by atoms with van der Waals surface area (Å²) in [6.07, 6.45) is 1.87. The number of rotatable bonds is 13. The summed E-state index contributed by atoms with van der Waals surface area (Å²) in [5.74, 6) is -0.436. The van der Waals surface area contributed by atoms with Crippen LogP contribution in [-0.4, -0.2) is 50.5 Å². The summed E-state index contributed by atoms with van der Waals surface area (Å²) in [6, 6.07) is 23.3. The average molecular weight is 570 g/mol. The number of hydrogen-bond donors (Lipinski definition) is 1. The maximum atomic E-state index is 13.7. The molecule has 0 spiro atoms. The van der Waals surface area contributed by atoms with Gasteiger partial charge in [-0.15, -0.1) is 0 Å². The zero-order valence-electron chi connectivity index (χ0n) is 22.6. The molecule has 208 valence electrons. The first-order valence-corrected chi connectivity index (χ1v) is 15.2. The maximum Gasteiger partial charge on any atom is 0.243 e. The molecule has 0 saturated heterocycles. The minimum atomic E-state index is -3.58. The summed E-state index contributed by atoms with van der Waals surface area (Å²) in [5, 5.41) is 3.39. The average Bonchev–Trinajstić information content (AvgIpc) is 2.89. The molecule has 3 rings (SSSR count). The van der Waals surface area contributed by atoms with E-state index in [0.717, 1.165) is 22.9 Å². The number of likely N-dealkylation sites (N-methyl/N-ethyl adjacent to an activating group) is 1. The van der Waals surface area contributed by atoms with E-state index in [2.05, 4.69) is 5.32 Å². The van der Waals surface area contributed by atoms with Crippen LogP contribution >= 0.6 is 11.6 Å². The van der Waals surface area contributed by atoms with Crippen LogP contribution in [0.15, 0.2) is 78.9 Å². The zero-order valence-corrected chi connectivity index (χ0v) is 24.2. The van der Waals surface area contributed by atoms with Gasteiger partial charge in [-0.25, -0.2) is 8.42 Å². The summed E-state index contributed by atoms with van der Waals surface area (Å²) in [4.78, 5) is 28.6. The number of carbonyl (C=O) groups is 2. The standard InChI is InChI=1S/C30H36ClN3O4S/c1-4-32-30(36)28(21-24-11-6-5-7-12-24)33(22-25-13-8-10-23(2)20-25)29(35)14-9-19-34(39(3,37)38)27-17-15-26(31)16-18-27/h5-8,10-13,15-18,20,28H,4,9,14,19,21-22H2,1-3H3,(H,32,36)/t28-/m0/s1. The van der Waals surface area contributed by atoms with Gasteiger partial charge in [-0.3, -0.25) is 13.9 Å². The number of sulfonamides is 1. The first kappa shape index (κ1) is 30.2. The normalized spacial score (nSPS) is 12.0. The van der Waals surface area contributed by atoms with Crippen molar-refractivity contribution in [3.8, 4) is 0 Å². The molecule has 0 aliphatic heterocycles. The van der Waals surface area contributed by atoms with Gasteiger partial charge in [0.2, 0.25) is 21.8 Å². The van der Waals surface area contributed by atoms with Crippen molar-refractivity contribution in [2.24, 2.45) is 0 Å². The second-order valence-corrected chi connectivity index (χ2v) is 11.9. The number of anilines is 1. The van der Waals surface area contributed by atoms with Crippen LogP contribution < -0.4 is 9.62 Å². The van der Waals surface area contributed by atoms with Gasteiger partial charge in [-0.1, -0.05) is 71.8 Å². The third-order valence-corrected chi connectivity index (χ3v) is 7.77. The Bertz CT molecular complexity index is 1350. The number of benzene rings is 3. The molecule has 0 saturated carbocycles. The summed E-state index contributed by atoms with van der Waals surface area (Å²) >= 11 is 5.97. The van der Waals surface area contributed by atoms with E-state index in [1.54, 1.807) is 29.2 Å². The van der Waals surface area contributed by atoms with Gasteiger partial charge in [-0.2, -0.15) is 0 Å². The van der Waals surface area contributed by atoms with E-state index in [1.807, 2.05) is 68.4 Å². The zero-order chi connectivity index (χ0) is 28.4. The van der Waals surface area contributed by atoms with E-state index in [-0.39, 0.29) is 37.7 Å². The second-order valence-electron chi connectivity index (χ2n) is 9.53. The van der Waals surface area contributed by atoms with Gasteiger partial charge in [0.25, 0.3) is 0 Å². The van der Waals surface area contributed by atoms with Crippen LogP contribution in [0.5, 0.6) is 0 Å². The minimum absolute atomic E-state index is 0.0795. The van der Waals surface area contributed by atoms with Crippen molar-refractivity contribution < 1.29 is 18.0 Å². The smallest absolute Gasteiger partial charge is 0.243 e. The third-order valence-electron chi connectivity index (χ3n) is 6.32. The SMILES string of the molecule is CCNC(=O)[C@H](Cc1ccccc1)N(Cc1cccc(C)c1)C(=O)CCCN(c1ccc(Cl)cc1)S(C)(=O)=O. The highest BCUT2D eigenvalue weighted by atomic mass is 35.5. The van der Waals surface area contributed by atoms with Crippen LogP contribution in [0, 0.1) is 6.92 Å². The fourth-order valence-corrected chi connectivity index (χ4v) is 5.56. The third kappa shape index (κ3) is 9.11. The van der Waals surface area contributed by atoms with Crippen molar-refractivity contribution in [2.75, 3.05) is 23.7 Å². The van der Waals surface area contributed by atoms with Gasteiger partial charge in [0.1, 0.15) is 6.04 Å². The lowest BCUT2D eigenvalue weighted by atomic mass is 10.0. The summed E-state index contributed by atoms with van der Waals surface area (Å²) in [5.41, 5.74) is 3.41. The van der Waals surface area contributed by atoms with Gasteiger partial charge >= 0.3 is 0 Å². The van der Waals surface area contributed by atoms with Gasteiger partial charge in [-0.05, 0) is 55.7 Å². The number of aryl methyl sites for hydroxylation is 1. The second kappa shape index (κ2) is 14.1. The molecule has 0 unspecified atom stereocenters. The van der Waals surface area contributed by atoms with E-state index in [4.69, 9.17) is 11.6 Å². The number of halogens is 1. The molecule has 1 N–H and O–H groups in total. The quantitative estimate of drug-likeness (QED) is 0.315. The van der Waals surface area contributed by atoms with Crippen molar-refractivity contribution in [1.29, 1.82) is 0 Å². The molecule has 0 aliphatic rings. The van der Waals surface area contributed by atoms with Crippen molar-refractivity contribution in [3.63, 3.8) is 0 Å². The predicted octanol–water partition coefficient (Wildman–Crippen LogP) is 4.97. The van der Waals surface area contributed by atoms with Crippen LogP contribution in [0.25, 0.3) is 0 Å². The predicted molar refractivity (Wildman–Crippen MR) is 157 cm³/mol. The Labute approximate surface area is 236 Å². The minimum Gasteiger partial charge on any atom is -0.355 e. The molecule has 9 heteroatoms. The van der Waals surface area contributed by atoms with E-state index >= 15 is 0 Å². The number of nitrogens with one attached hydrogen (secondary N) is 1. The Morgan fingerprint density at radius 2 is 1.62 bits per heavy atom. The Morgan fingerprint density at radius 3 is 2.23 bits per heavy atom. The van der Waals surface area contributed by atoms with Crippen LogP contribution in [0.1, 0.15) is 36.5 Å². The summed E-state index contributed by atoms with van der Waals surface area (Å²) < 4.78 is 26.3.